The van der Waals surface area contributed by atoms with Gasteiger partial charge in [-0.25, -0.2) is 17.9 Å². The second kappa shape index (κ2) is 8.57. The van der Waals surface area contributed by atoms with Crippen LogP contribution in [0.1, 0.15) is 35.1 Å². The van der Waals surface area contributed by atoms with E-state index in [1.54, 1.807) is 11.3 Å². The van der Waals surface area contributed by atoms with E-state index in [0.29, 0.717) is 0 Å². The van der Waals surface area contributed by atoms with Crippen molar-refractivity contribution in [1.82, 2.24) is 9.62 Å². The van der Waals surface area contributed by atoms with Gasteiger partial charge in [-0.15, -0.1) is 11.3 Å². The zero-order valence-electron chi connectivity index (χ0n) is 14.2. The van der Waals surface area contributed by atoms with E-state index < -0.39 is 16.0 Å². The van der Waals surface area contributed by atoms with Crippen molar-refractivity contribution < 1.29 is 18.3 Å². The zero-order chi connectivity index (χ0) is 18.4. The van der Waals surface area contributed by atoms with Crippen LogP contribution in [-0.4, -0.2) is 44.0 Å². The molecule has 136 valence electrons. The van der Waals surface area contributed by atoms with Crippen molar-refractivity contribution in [2.75, 3.05) is 19.6 Å². The molecule has 1 aromatic heterocycles. The number of likely N-dealkylation sites (N-methyl/N-ethyl adjacent to an activating group) is 1. The molecule has 0 bridgehead atoms. The molecule has 0 aliphatic heterocycles. The van der Waals surface area contributed by atoms with Crippen molar-refractivity contribution in [2.24, 2.45) is 0 Å². The number of nitrogens with one attached hydrogen (secondary N) is 1. The molecule has 2 rings (SSSR count). The third-order valence-electron chi connectivity index (χ3n) is 3.98. The van der Waals surface area contributed by atoms with Crippen LogP contribution in [0, 0.1) is 0 Å². The summed E-state index contributed by atoms with van der Waals surface area (Å²) >= 11 is 1.59. The Bertz CT molecular complexity index is 800. The topological polar surface area (TPSA) is 86.7 Å². The fourth-order valence-electron chi connectivity index (χ4n) is 2.62. The highest BCUT2D eigenvalue weighted by molar-refractivity contribution is 7.89. The van der Waals surface area contributed by atoms with Crippen LogP contribution in [0.15, 0.2) is 46.7 Å². The lowest BCUT2D eigenvalue weighted by atomic mass is 10.2. The van der Waals surface area contributed by atoms with Gasteiger partial charge in [-0.3, -0.25) is 4.90 Å². The first-order valence-corrected chi connectivity index (χ1v) is 10.4. The van der Waals surface area contributed by atoms with Crippen molar-refractivity contribution in [3.05, 3.63) is 52.2 Å². The van der Waals surface area contributed by atoms with Gasteiger partial charge in [0, 0.05) is 11.4 Å². The van der Waals surface area contributed by atoms with Gasteiger partial charge in [-0.05, 0) is 42.7 Å². The molecule has 25 heavy (non-hydrogen) atoms. The number of carbonyl (C=O) groups is 1. The average Bonchev–Trinajstić information content (AvgIpc) is 3.13. The van der Waals surface area contributed by atoms with Gasteiger partial charge in [-0.1, -0.05) is 26.0 Å². The number of thiophene rings is 1. The lowest BCUT2D eigenvalue weighted by Gasteiger charge is -2.29. The molecular formula is C17H22N2O4S2. The van der Waals surface area contributed by atoms with E-state index in [0.717, 1.165) is 18.0 Å². The number of hydrogen-bond acceptors (Lipinski definition) is 5. The van der Waals surface area contributed by atoms with Gasteiger partial charge in [0.25, 0.3) is 0 Å². The van der Waals surface area contributed by atoms with E-state index >= 15 is 0 Å². The number of carboxylic acids is 1. The molecule has 1 aromatic carbocycles. The highest BCUT2D eigenvalue weighted by Gasteiger charge is 2.23. The standard InChI is InChI=1S/C17H22N2O4S2/c1-3-19(4-2)15(16-9-6-10-24-16)12-18-25(22,23)14-8-5-7-13(11-14)17(20)21/h5-11,15,18H,3-4,12H2,1-2H3,(H,20,21). The molecular weight excluding hydrogens is 360 g/mol. The number of carboxylic acid groups (broad SMARTS) is 1. The third kappa shape index (κ3) is 4.88. The lowest BCUT2D eigenvalue weighted by Crippen LogP contribution is -2.37. The van der Waals surface area contributed by atoms with Crippen LogP contribution in [0.4, 0.5) is 0 Å². The number of rotatable bonds is 9. The molecule has 0 radical (unpaired) electrons. The first kappa shape index (κ1) is 19.6. The van der Waals surface area contributed by atoms with Gasteiger partial charge < -0.3 is 5.11 Å². The van der Waals surface area contributed by atoms with E-state index in [1.807, 2.05) is 31.4 Å². The van der Waals surface area contributed by atoms with Crippen molar-refractivity contribution in [3.63, 3.8) is 0 Å². The van der Waals surface area contributed by atoms with Gasteiger partial charge >= 0.3 is 5.97 Å². The number of benzene rings is 1. The highest BCUT2D eigenvalue weighted by Crippen LogP contribution is 2.25. The molecule has 0 spiro atoms. The Morgan fingerprint density at radius 3 is 2.52 bits per heavy atom. The molecule has 0 aliphatic carbocycles. The molecule has 0 saturated heterocycles. The van der Waals surface area contributed by atoms with Crippen LogP contribution in [0.25, 0.3) is 0 Å². The Hall–Kier alpha value is -1.74. The molecule has 1 heterocycles. The molecule has 1 atom stereocenters. The maximum absolute atomic E-state index is 12.6. The minimum atomic E-state index is -3.79. The molecule has 6 nitrogen and oxygen atoms in total. The molecule has 0 saturated carbocycles. The van der Waals surface area contributed by atoms with E-state index in [1.165, 1.54) is 24.3 Å². The summed E-state index contributed by atoms with van der Waals surface area (Å²) in [5, 5.41) is 11.0. The van der Waals surface area contributed by atoms with E-state index in [9.17, 15) is 13.2 Å². The van der Waals surface area contributed by atoms with Gasteiger partial charge in [-0.2, -0.15) is 0 Å². The Morgan fingerprint density at radius 2 is 1.96 bits per heavy atom. The minimum Gasteiger partial charge on any atom is -0.478 e. The average molecular weight is 383 g/mol. The Balaban J connectivity index is 2.21. The second-order valence-corrected chi connectivity index (χ2v) is 8.18. The number of hydrogen-bond donors (Lipinski definition) is 2. The van der Waals surface area contributed by atoms with Crippen LogP contribution < -0.4 is 4.72 Å². The fraction of sp³-hybridized carbons (Fsp3) is 0.353. The summed E-state index contributed by atoms with van der Waals surface area (Å²) < 4.78 is 27.7. The SMILES string of the molecule is CCN(CC)C(CNS(=O)(=O)c1cccc(C(=O)O)c1)c1cccs1. The summed E-state index contributed by atoms with van der Waals surface area (Å²) in [5.41, 5.74) is -0.0542. The van der Waals surface area contributed by atoms with Crippen LogP contribution >= 0.6 is 11.3 Å². The summed E-state index contributed by atoms with van der Waals surface area (Å²) in [7, 11) is -3.79. The number of nitrogens with zero attached hydrogens (tertiary/aromatic N) is 1. The lowest BCUT2D eigenvalue weighted by molar-refractivity contribution is 0.0696. The first-order chi connectivity index (χ1) is 11.9. The summed E-state index contributed by atoms with van der Waals surface area (Å²) in [4.78, 5) is 14.3. The molecule has 0 fully saturated rings. The summed E-state index contributed by atoms with van der Waals surface area (Å²) in [6.45, 7) is 5.90. The molecule has 8 heteroatoms. The smallest absolute Gasteiger partial charge is 0.335 e. The highest BCUT2D eigenvalue weighted by atomic mass is 32.2. The van der Waals surface area contributed by atoms with Gasteiger partial charge in [0.2, 0.25) is 10.0 Å². The first-order valence-electron chi connectivity index (χ1n) is 7.99. The van der Waals surface area contributed by atoms with Crippen LogP contribution in [0.3, 0.4) is 0 Å². The molecule has 1 unspecified atom stereocenters. The Labute approximate surface area is 152 Å². The molecule has 2 aromatic rings. The Kier molecular flexibility index (Phi) is 6.71. The predicted molar refractivity (Wildman–Crippen MR) is 98.6 cm³/mol. The summed E-state index contributed by atoms with van der Waals surface area (Å²) in [6.07, 6.45) is 0. The van der Waals surface area contributed by atoms with Gasteiger partial charge in [0.1, 0.15) is 0 Å². The summed E-state index contributed by atoms with van der Waals surface area (Å²) in [6, 6.07) is 9.24. The molecule has 0 amide bonds. The van der Waals surface area contributed by atoms with E-state index in [-0.39, 0.29) is 23.0 Å². The van der Waals surface area contributed by atoms with Crippen LogP contribution in [0.2, 0.25) is 0 Å². The molecule has 0 aliphatic rings. The van der Waals surface area contributed by atoms with Gasteiger partial charge in [0.15, 0.2) is 0 Å². The Morgan fingerprint density at radius 1 is 1.24 bits per heavy atom. The van der Waals surface area contributed by atoms with E-state index in [4.69, 9.17) is 5.11 Å². The number of aromatic carboxylic acids is 1. The third-order valence-corrected chi connectivity index (χ3v) is 6.38. The quantitative estimate of drug-likeness (QED) is 0.696. The maximum atomic E-state index is 12.6. The van der Waals surface area contributed by atoms with E-state index in [2.05, 4.69) is 9.62 Å². The van der Waals surface area contributed by atoms with Crippen molar-refractivity contribution in [3.8, 4) is 0 Å². The second-order valence-electron chi connectivity index (χ2n) is 5.44. The predicted octanol–water partition coefficient (Wildman–Crippen LogP) is 2.81. The zero-order valence-corrected chi connectivity index (χ0v) is 15.8. The summed E-state index contributed by atoms with van der Waals surface area (Å²) in [5.74, 6) is -1.16. The largest absolute Gasteiger partial charge is 0.478 e. The normalized spacial score (nSPS) is 13.1. The van der Waals surface area contributed by atoms with Gasteiger partial charge in [0.05, 0.1) is 16.5 Å². The van der Waals surface area contributed by atoms with Crippen molar-refractivity contribution >= 4 is 27.3 Å². The van der Waals surface area contributed by atoms with Crippen molar-refractivity contribution in [2.45, 2.75) is 24.8 Å². The van der Waals surface area contributed by atoms with Crippen molar-refractivity contribution in [1.29, 1.82) is 0 Å². The van der Waals surface area contributed by atoms with Crippen LogP contribution in [0.5, 0.6) is 0 Å². The van der Waals surface area contributed by atoms with Crippen LogP contribution in [-0.2, 0) is 10.0 Å². The minimum absolute atomic E-state index is 0.0446. The number of sulfonamides is 1. The maximum Gasteiger partial charge on any atom is 0.335 e. The molecule has 2 N–H and O–H groups in total. The fourth-order valence-corrected chi connectivity index (χ4v) is 4.57. The monoisotopic (exact) mass is 382 g/mol.